The fraction of sp³-hybridized carbons (Fsp3) is 0.581. The van der Waals surface area contributed by atoms with Crippen molar-refractivity contribution < 1.29 is 18.7 Å². The largest absolute Gasteiger partial charge is 0.493 e. The van der Waals surface area contributed by atoms with E-state index in [1.165, 1.54) is 0 Å². The van der Waals surface area contributed by atoms with Crippen LogP contribution in [0.15, 0.2) is 42.5 Å². The molecule has 0 unspecified atom stereocenters. The minimum absolute atomic E-state index is 0.148. The number of thioether (sulfide) groups is 1. The lowest BCUT2D eigenvalue weighted by Crippen LogP contribution is -2.57. The summed E-state index contributed by atoms with van der Waals surface area (Å²) in [6.45, 7) is 7.94. The number of anilines is 1. The second kappa shape index (κ2) is 13.9. The highest BCUT2D eigenvalue weighted by atomic mass is 32.2. The summed E-state index contributed by atoms with van der Waals surface area (Å²) in [7, 11) is 3.37. The summed E-state index contributed by atoms with van der Waals surface area (Å²) in [5.41, 5.74) is 1.82. The Balaban J connectivity index is 1.26. The molecule has 3 aliphatic heterocycles. The third-order valence-electron chi connectivity index (χ3n) is 8.73. The van der Waals surface area contributed by atoms with Gasteiger partial charge in [-0.3, -0.25) is 14.6 Å². The second-order valence-corrected chi connectivity index (χ2v) is 12.2. The van der Waals surface area contributed by atoms with Crippen LogP contribution in [-0.4, -0.2) is 105 Å². The summed E-state index contributed by atoms with van der Waals surface area (Å²) in [5, 5.41) is 0. The first-order valence-electron chi connectivity index (χ1n) is 14.6. The van der Waals surface area contributed by atoms with E-state index in [1.807, 2.05) is 36.0 Å². The van der Waals surface area contributed by atoms with Crippen molar-refractivity contribution in [2.45, 2.75) is 31.8 Å². The van der Waals surface area contributed by atoms with E-state index in [0.29, 0.717) is 30.0 Å². The lowest BCUT2D eigenvalue weighted by molar-refractivity contribution is -0.131. The third kappa shape index (κ3) is 6.86. The van der Waals surface area contributed by atoms with Gasteiger partial charge < -0.3 is 19.3 Å². The quantitative estimate of drug-likeness (QED) is 0.448. The highest BCUT2D eigenvalue weighted by Gasteiger charge is 2.36. The summed E-state index contributed by atoms with van der Waals surface area (Å²) in [6.07, 6.45) is 2.56. The molecule has 0 aliphatic carbocycles. The molecule has 3 fully saturated rings. The maximum Gasteiger partial charge on any atom is 0.222 e. The van der Waals surface area contributed by atoms with Crippen molar-refractivity contribution in [3.8, 4) is 11.5 Å². The number of piperidine rings is 1. The number of carbonyl (C=O) groups excluding carboxylic acids is 1. The summed E-state index contributed by atoms with van der Waals surface area (Å²) < 4.78 is 25.7. The number of ether oxygens (including phenoxy) is 2. The molecule has 3 saturated heterocycles. The van der Waals surface area contributed by atoms with Gasteiger partial charge in [0.15, 0.2) is 11.5 Å². The van der Waals surface area contributed by atoms with Crippen LogP contribution < -0.4 is 14.4 Å². The zero-order chi connectivity index (χ0) is 27.9. The minimum atomic E-state index is -0.148. The predicted octanol–water partition coefficient (Wildman–Crippen LogP) is 4.21. The van der Waals surface area contributed by atoms with Gasteiger partial charge in [0.05, 0.1) is 19.9 Å². The second-order valence-electron chi connectivity index (χ2n) is 11.0. The van der Waals surface area contributed by atoms with Gasteiger partial charge in [-0.2, -0.15) is 11.8 Å². The molecule has 1 amide bonds. The average Bonchev–Trinajstić information content (AvgIpc) is 3.00. The Labute approximate surface area is 242 Å². The molecule has 7 nitrogen and oxygen atoms in total. The first-order valence-corrected chi connectivity index (χ1v) is 15.7. The first-order chi connectivity index (χ1) is 19.6. The van der Waals surface area contributed by atoms with Gasteiger partial charge in [-0.25, -0.2) is 4.39 Å². The summed E-state index contributed by atoms with van der Waals surface area (Å²) >= 11 is 1.93. The number of benzene rings is 2. The molecule has 2 aromatic carbocycles. The van der Waals surface area contributed by atoms with Crippen molar-refractivity contribution in [1.82, 2.24) is 14.7 Å². The van der Waals surface area contributed by atoms with E-state index < -0.39 is 0 Å². The van der Waals surface area contributed by atoms with Crippen LogP contribution in [0.2, 0.25) is 0 Å². The Morgan fingerprint density at radius 1 is 0.950 bits per heavy atom. The number of hydrogen-bond donors (Lipinski definition) is 0. The number of hydrogen-bond acceptors (Lipinski definition) is 7. The Bertz CT molecular complexity index is 1120. The standard InChI is InChI=1S/C31H43FN4O3S/c1-38-29-9-5-6-25(31(29)39-2)23-33-13-12-27(24(22-33)10-11-30(37)36-18-20-40-21-19-36)34-14-16-35(17-15-34)28-8-4-3-7-26(28)32/h3-9,24,27H,10-23H2,1-2H3/t24-,27+/m1/s1. The van der Waals surface area contributed by atoms with Crippen molar-refractivity contribution in [2.24, 2.45) is 5.92 Å². The number of halogens is 1. The maximum absolute atomic E-state index is 14.4. The van der Waals surface area contributed by atoms with Gasteiger partial charge in [0.1, 0.15) is 5.82 Å². The molecule has 3 heterocycles. The van der Waals surface area contributed by atoms with Crippen molar-refractivity contribution in [2.75, 3.05) is 83.0 Å². The number of rotatable bonds is 9. The molecule has 0 radical (unpaired) electrons. The zero-order valence-electron chi connectivity index (χ0n) is 23.9. The third-order valence-corrected chi connectivity index (χ3v) is 9.67. The van der Waals surface area contributed by atoms with Gasteiger partial charge in [0.2, 0.25) is 5.91 Å². The Morgan fingerprint density at radius 2 is 1.73 bits per heavy atom. The van der Waals surface area contributed by atoms with Gasteiger partial charge >= 0.3 is 0 Å². The molecule has 0 bridgehead atoms. The van der Waals surface area contributed by atoms with Crippen LogP contribution in [-0.2, 0) is 11.3 Å². The highest BCUT2D eigenvalue weighted by Crippen LogP contribution is 2.34. The maximum atomic E-state index is 14.4. The monoisotopic (exact) mass is 570 g/mol. The fourth-order valence-corrected chi connectivity index (χ4v) is 7.51. The molecule has 5 rings (SSSR count). The summed E-state index contributed by atoms with van der Waals surface area (Å²) in [6, 6.07) is 13.6. The van der Waals surface area contributed by atoms with E-state index in [2.05, 4.69) is 25.7 Å². The number of carbonyl (C=O) groups is 1. The Hall–Kier alpha value is -2.49. The lowest BCUT2D eigenvalue weighted by Gasteiger charge is -2.47. The number of methoxy groups -OCH3 is 2. The van der Waals surface area contributed by atoms with Crippen LogP contribution in [0.1, 0.15) is 24.8 Å². The van der Waals surface area contributed by atoms with E-state index in [0.717, 1.165) is 100 Å². The normalized spacial score (nSPS) is 22.8. The molecule has 3 aliphatic rings. The molecule has 218 valence electrons. The number of piperazine rings is 1. The van der Waals surface area contributed by atoms with Crippen molar-refractivity contribution in [1.29, 1.82) is 0 Å². The van der Waals surface area contributed by atoms with Gasteiger partial charge in [-0.15, -0.1) is 0 Å². The molecule has 0 N–H and O–H groups in total. The molecule has 2 aromatic rings. The molecule has 0 aromatic heterocycles. The molecule has 2 atom stereocenters. The average molecular weight is 571 g/mol. The van der Waals surface area contributed by atoms with Crippen LogP contribution in [0.4, 0.5) is 10.1 Å². The first kappa shape index (κ1) is 29.0. The number of nitrogens with zero attached hydrogens (tertiary/aromatic N) is 4. The molecular formula is C31H43FN4O3S. The van der Waals surface area contributed by atoms with Gasteiger partial charge in [0, 0.05) is 81.9 Å². The molecule has 40 heavy (non-hydrogen) atoms. The van der Waals surface area contributed by atoms with E-state index in [4.69, 9.17) is 9.47 Å². The van der Waals surface area contributed by atoms with Crippen LogP contribution in [0, 0.1) is 11.7 Å². The number of amides is 1. The van der Waals surface area contributed by atoms with Crippen molar-refractivity contribution >= 4 is 23.4 Å². The van der Waals surface area contributed by atoms with E-state index in [-0.39, 0.29) is 5.82 Å². The summed E-state index contributed by atoms with van der Waals surface area (Å²) in [4.78, 5) is 22.4. The Kier molecular flexibility index (Phi) is 10.1. The Morgan fingerprint density at radius 3 is 2.45 bits per heavy atom. The van der Waals surface area contributed by atoms with Crippen LogP contribution in [0.3, 0.4) is 0 Å². The molecule has 0 saturated carbocycles. The van der Waals surface area contributed by atoms with Crippen LogP contribution in [0.25, 0.3) is 0 Å². The van der Waals surface area contributed by atoms with Crippen LogP contribution in [0.5, 0.6) is 11.5 Å². The van der Waals surface area contributed by atoms with Crippen molar-refractivity contribution in [3.63, 3.8) is 0 Å². The minimum Gasteiger partial charge on any atom is -0.493 e. The number of likely N-dealkylation sites (tertiary alicyclic amines) is 1. The van der Waals surface area contributed by atoms with E-state index in [1.54, 1.807) is 26.4 Å². The molecule has 0 spiro atoms. The van der Waals surface area contributed by atoms with Crippen LogP contribution >= 0.6 is 11.8 Å². The highest BCUT2D eigenvalue weighted by molar-refractivity contribution is 7.99. The van der Waals surface area contributed by atoms with E-state index >= 15 is 0 Å². The predicted molar refractivity (Wildman–Crippen MR) is 160 cm³/mol. The fourth-order valence-electron chi connectivity index (χ4n) is 6.60. The summed E-state index contributed by atoms with van der Waals surface area (Å²) in [5.74, 6) is 4.18. The SMILES string of the molecule is COc1cccc(CN2CC[C@H](N3CCN(c4ccccc4F)CC3)[C@H](CCC(=O)N3CCSCC3)C2)c1OC. The van der Waals surface area contributed by atoms with Gasteiger partial charge in [0.25, 0.3) is 0 Å². The van der Waals surface area contributed by atoms with E-state index in [9.17, 15) is 9.18 Å². The smallest absolute Gasteiger partial charge is 0.222 e. The molecular weight excluding hydrogens is 527 g/mol. The zero-order valence-corrected chi connectivity index (χ0v) is 24.7. The lowest BCUT2D eigenvalue weighted by atomic mass is 9.86. The molecule has 9 heteroatoms. The topological polar surface area (TPSA) is 48.5 Å². The van der Waals surface area contributed by atoms with Gasteiger partial charge in [-0.05, 0) is 43.5 Å². The number of para-hydroxylation sites is 2. The van der Waals surface area contributed by atoms with Gasteiger partial charge in [-0.1, -0.05) is 24.3 Å². The van der Waals surface area contributed by atoms with Crippen molar-refractivity contribution in [3.05, 3.63) is 53.8 Å².